The third-order valence-electron chi connectivity index (χ3n) is 21.9. The van der Waals surface area contributed by atoms with E-state index >= 15 is 0 Å². The molecule has 19 amide bonds. The summed E-state index contributed by atoms with van der Waals surface area (Å²) < 4.78 is 50.9. The molecular formula is C99H126BrFN12O26. The Morgan fingerprint density at radius 1 is 0.396 bits per heavy atom. The van der Waals surface area contributed by atoms with Gasteiger partial charge >= 0.3 is 18.3 Å². The number of benzene rings is 4. The Morgan fingerprint density at radius 2 is 0.691 bits per heavy atom. The van der Waals surface area contributed by atoms with Crippen LogP contribution in [0.3, 0.4) is 0 Å². The number of fused-ring (bicyclic) bond motifs is 4. The second-order valence-electron chi connectivity index (χ2n) is 36.2. The number of piperidine rings is 4. The van der Waals surface area contributed by atoms with Gasteiger partial charge in [-0.1, -0.05) is 54.2 Å². The first-order valence-corrected chi connectivity index (χ1v) is 47.3. The van der Waals surface area contributed by atoms with Gasteiger partial charge in [-0.2, -0.15) is 0 Å². The zero-order valence-corrected chi connectivity index (χ0v) is 81.6. The summed E-state index contributed by atoms with van der Waals surface area (Å²) in [5, 5.41) is 16.9. The summed E-state index contributed by atoms with van der Waals surface area (Å²) in [5.74, 6) is 0.0358. The Balaban J connectivity index is 0.000000243. The summed E-state index contributed by atoms with van der Waals surface area (Å²) in [6.07, 6.45) is 18.3. The third-order valence-corrected chi connectivity index (χ3v) is 22.6. The van der Waals surface area contributed by atoms with Crippen molar-refractivity contribution in [3.63, 3.8) is 0 Å². The van der Waals surface area contributed by atoms with Gasteiger partial charge in [-0.3, -0.25) is 122 Å². The molecule has 0 aliphatic carbocycles. The van der Waals surface area contributed by atoms with Gasteiger partial charge < -0.3 is 54.8 Å². The van der Waals surface area contributed by atoms with E-state index in [4.69, 9.17) is 50.0 Å². The molecule has 4 fully saturated rings. The molecule has 0 bridgehead atoms. The number of amides is 19. The van der Waals surface area contributed by atoms with Crippen molar-refractivity contribution >= 4 is 129 Å². The maximum atomic E-state index is 13.1. The van der Waals surface area contributed by atoms with Crippen LogP contribution in [-0.4, -0.2) is 254 Å². The number of carbonyl (C=O) groups is 19. The topological polar surface area (TPSA) is 512 Å². The van der Waals surface area contributed by atoms with E-state index in [1.807, 2.05) is 74.4 Å². The van der Waals surface area contributed by atoms with Crippen LogP contribution in [0.1, 0.15) is 303 Å². The van der Waals surface area contributed by atoms with Crippen molar-refractivity contribution in [3.05, 3.63) is 138 Å². The second-order valence-corrected chi connectivity index (χ2v) is 37.1. The number of terminal acetylenes is 1. The van der Waals surface area contributed by atoms with Gasteiger partial charge in [0.05, 0.1) is 44.5 Å². The summed E-state index contributed by atoms with van der Waals surface area (Å²) in [4.78, 5) is 234. The van der Waals surface area contributed by atoms with Crippen LogP contribution in [0.2, 0.25) is 0 Å². The molecule has 8 aliphatic heterocycles. The minimum atomic E-state index is -1.02. The van der Waals surface area contributed by atoms with E-state index in [2.05, 4.69) is 72.4 Å². The van der Waals surface area contributed by atoms with Crippen LogP contribution in [0.4, 0.5) is 19.1 Å². The van der Waals surface area contributed by atoms with Crippen LogP contribution >= 0.6 is 15.9 Å². The number of nitrogens with one attached hydrogen (secondary N) is 7. The molecule has 8 heterocycles. The normalized spacial score (nSPS) is 17.6. The highest BCUT2D eigenvalue weighted by atomic mass is 79.9. The number of imide groups is 8. The fourth-order valence-electron chi connectivity index (χ4n) is 15.6. The molecule has 4 aromatic rings. The van der Waals surface area contributed by atoms with Gasteiger partial charge in [0.25, 0.3) is 48.7 Å². The Hall–Kier alpha value is -12.9. The molecule has 4 saturated heterocycles. The predicted molar refractivity (Wildman–Crippen MR) is 505 cm³/mol. The first-order valence-electron chi connectivity index (χ1n) is 46.9. The minimum absolute atomic E-state index is 0.0636. The van der Waals surface area contributed by atoms with Gasteiger partial charge in [-0.15, -0.1) is 6.42 Å². The molecule has 4 unspecified atom stereocenters. The monoisotopic (exact) mass is 2000 g/mol. The summed E-state index contributed by atoms with van der Waals surface area (Å²) in [5.41, 5.74) is 8.12. The number of aryl methyl sites for hydroxylation is 2. The number of alkyl carbamates (subject to hydrolysis) is 3. The number of hydrogen-bond donors (Lipinski definition) is 8. The molecule has 0 aromatic heterocycles. The second kappa shape index (κ2) is 55.1. The van der Waals surface area contributed by atoms with Gasteiger partial charge in [-0.05, 0) is 261 Å². The molecule has 12 rings (SSSR count). The quantitative estimate of drug-likeness (QED) is 0.00901. The van der Waals surface area contributed by atoms with Gasteiger partial charge in [0.2, 0.25) is 47.3 Å². The molecule has 38 nitrogen and oxygen atoms in total. The van der Waals surface area contributed by atoms with Crippen molar-refractivity contribution in [2.75, 3.05) is 79.0 Å². The predicted octanol–water partition coefficient (Wildman–Crippen LogP) is 9.38. The van der Waals surface area contributed by atoms with E-state index in [0.717, 1.165) is 114 Å². The molecule has 4 aromatic carbocycles. The Bertz CT molecular complexity index is 5300. The highest BCUT2D eigenvalue weighted by molar-refractivity contribution is 9.10. The minimum Gasteiger partial charge on any atom is -0.444 e. The number of hydrogen-bond acceptors (Lipinski definition) is 27. The number of rotatable bonds is 37. The highest BCUT2D eigenvalue weighted by Crippen LogP contribution is 2.36. The van der Waals surface area contributed by atoms with Crippen LogP contribution in [0.25, 0.3) is 0 Å². The summed E-state index contributed by atoms with van der Waals surface area (Å²) in [6, 6.07) is 16.2. The zero-order chi connectivity index (χ0) is 103. The number of halogens is 2. The molecule has 0 radical (unpaired) electrons. The molecule has 4 atom stereocenters. The van der Waals surface area contributed by atoms with Gasteiger partial charge in [0.15, 0.2) is 0 Å². The fourth-order valence-corrected chi connectivity index (χ4v) is 16.1. The lowest BCUT2D eigenvalue weighted by molar-refractivity contribution is -0.137. The first-order chi connectivity index (χ1) is 66.7. The maximum absolute atomic E-state index is 13.1. The lowest BCUT2D eigenvalue weighted by Crippen LogP contribution is -2.54. The SMILES string of the molecule is C#CCOCCCCCNC(=O)OC(C)(C)C.CC(C)(C)OC(=O)NCCCCCOCC#Cc1cccc2c1C(=O)N(C1CCC(=O)NC1=O)C2=O.CC(C)(C)OC(=O)NCCCCCOCCCc1cccc2c1C(=O)N(C1CCC(=O)NC1=O)C2=O.NCCCCCOCCCc1cccc2c1C(=O)N(C1CCC(=O)NC1=O)C2=O.O=C1CCC(N2C(=O)c3cccc(Br)c3C2=O)C(=O)N1.[3H]F. The molecule has 8 aliphatic rings. The Kier molecular flexibility index (Phi) is 44.1. The summed E-state index contributed by atoms with van der Waals surface area (Å²) >= 11 is 3.24. The Morgan fingerprint density at radius 3 is 1.02 bits per heavy atom. The maximum Gasteiger partial charge on any atom is 0.407 e. The largest absolute Gasteiger partial charge is 0.444 e. The molecule has 0 spiro atoms. The van der Waals surface area contributed by atoms with Crippen molar-refractivity contribution in [2.24, 2.45) is 5.73 Å². The van der Waals surface area contributed by atoms with Gasteiger partial charge in [0.1, 0.15) is 54.2 Å². The van der Waals surface area contributed by atoms with E-state index in [9.17, 15) is 91.1 Å². The zero-order valence-electron chi connectivity index (χ0n) is 81.0. The molecule has 139 heavy (non-hydrogen) atoms. The summed E-state index contributed by atoms with van der Waals surface area (Å²) in [7, 11) is 0. The Labute approximate surface area is 816 Å². The van der Waals surface area contributed by atoms with Crippen LogP contribution in [-0.2, 0) is 84.4 Å². The lowest BCUT2D eigenvalue weighted by atomic mass is 9.99. The number of unbranched alkanes of at least 4 members (excludes halogenated alkanes) is 8. The van der Waals surface area contributed by atoms with Gasteiger partial charge in [0, 0.05) is 95.0 Å². The van der Waals surface area contributed by atoms with Crippen molar-refractivity contribution in [1.82, 2.24) is 56.8 Å². The number of nitrogens with two attached hydrogens (primary N) is 1. The van der Waals surface area contributed by atoms with Crippen molar-refractivity contribution in [1.29, 1.82) is 1.45 Å². The molecule has 40 heteroatoms. The van der Waals surface area contributed by atoms with Crippen LogP contribution < -0.4 is 43.0 Å². The molecule has 9 N–H and O–H groups in total. The first kappa shape index (κ1) is 111. The van der Waals surface area contributed by atoms with E-state index in [1.54, 1.807) is 54.6 Å². The van der Waals surface area contributed by atoms with Crippen LogP contribution in [0.5, 0.6) is 0 Å². The van der Waals surface area contributed by atoms with Crippen LogP contribution in [0, 0.1) is 24.2 Å². The van der Waals surface area contributed by atoms with E-state index < -0.39 is 136 Å². The van der Waals surface area contributed by atoms with E-state index in [1.165, 1.54) is 6.07 Å². The number of nitrogens with zero attached hydrogens (tertiary/aromatic N) is 4. The average Bonchev–Trinajstić information content (AvgIpc) is 1.64. The van der Waals surface area contributed by atoms with E-state index in [0.29, 0.717) is 124 Å². The molecule has 0 saturated carbocycles. The van der Waals surface area contributed by atoms with Crippen molar-refractivity contribution in [2.45, 2.75) is 257 Å². The van der Waals surface area contributed by atoms with Gasteiger partial charge in [-0.25, -0.2) is 14.4 Å². The van der Waals surface area contributed by atoms with Crippen LogP contribution in [0.15, 0.2) is 77.3 Å². The lowest BCUT2D eigenvalue weighted by Gasteiger charge is -2.27. The van der Waals surface area contributed by atoms with Crippen molar-refractivity contribution in [3.8, 4) is 24.2 Å². The average molecular weight is 2000 g/mol. The molecular weight excluding hydrogens is 1870 g/mol. The van der Waals surface area contributed by atoms with E-state index in [-0.39, 0.29) is 98.1 Å². The number of ether oxygens (including phenoxy) is 7. The summed E-state index contributed by atoms with van der Waals surface area (Å²) in [6.45, 7) is 22.9. The standard InChI is InChI=1S/C26H35N3O7.C26H31N3O7.C21H27N3O5.C13H9BrN2O4.C13H23NO3.FH/c2*1-26(2,3)36-25(34)27-14-5-4-6-15-35-16-8-10-17-9-7-11-18-21(17)24(33)29(23(18)32)19-12-13-20(30)28-22(19)31;22-11-2-1-3-12-29-13-5-7-14-6-4-8-15-18(14)21(28)24(20(15)27)16-9-10-17(25)23-19(16)26;14-7-3-1-2-6-10(7)13(20)16(12(6)19)8-4-5-9(17)15-11(8)18;1-5-10-16-11-8-6-7-9-14-12(15)17-13(2,3)4;/h7,9,11,19H,4-6,8,10,12-16H2,1-3H3,(H,27,34)(H,28,30,31);7,9,11,19H,4-6,12-16H2,1-3H3,(H,27,34)(H,28,30,31);4,6,8,16H,1-3,5,7,9-13,22H2,(H,23,25,26);1-3,8H,4-5H2,(H,15,17,18);1H,6-11H2,2-4H3,(H,14,15);1H/i/hT. The third kappa shape index (κ3) is 34.0. The van der Waals surface area contributed by atoms with Crippen molar-refractivity contribution < 1.29 is 129 Å². The highest BCUT2D eigenvalue weighted by Gasteiger charge is 2.50. The fraction of sp³-hybridized carbons (Fsp3) is 0.525. The smallest absolute Gasteiger partial charge is 0.407 e. The number of carbonyl (C=O) groups excluding carboxylic acids is 19. The molecule has 752 valence electrons.